The van der Waals surface area contributed by atoms with Crippen molar-refractivity contribution >= 4 is 0 Å². The Morgan fingerprint density at radius 3 is 2.78 bits per heavy atom. The number of rotatable bonds is 5. The molecule has 0 saturated carbocycles. The molecule has 0 radical (unpaired) electrons. The zero-order chi connectivity index (χ0) is 13.0. The lowest BCUT2D eigenvalue weighted by molar-refractivity contribution is 0.516. The van der Waals surface area contributed by atoms with E-state index in [1.54, 1.807) is 18.4 Å². The highest BCUT2D eigenvalue weighted by Crippen LogP contribution is 2.26. The molecule has 0 aliphatic rings. The highest BCUT2D eigenvalue weighted by atomic mass is 19.1. The molecule has 0 fully saturated rings. The molecule has 2 rings (SSSR count). The molecular formula is C15H18FNO. The fourth-order valence-corrected chi connectivity index (χ4v) is 2.08. The van der Waals surface area contributed by atoms with Crippen molar-refractivity contribution in [3.05, 3.63) is 59.3 Å². The Bertz CT molecular complexity index is 507. The molecular weight excluding hydrogens is 229 g/mol. The second-order valence-corrected chi connectivity index (χ2v) is 4.37. The van der Waals surface area contributed by atoms with Crippen LogP contribution < -0.4 is 5.32 Å². The second-order valence-electron chi connectivity index (χ2n) is 4.37. The molecule has 0 amide bonds. The van der Waals surface area contributed by atoms with Gasteiger partial charge >= 0.3 is 0 Å². The van der Waals surface area contributed by atoms with Gasteiger partial charge in [0.1, 0.15) is 11.6 Å². The summed E-state index contributed by atoms with van der Waals surface area (Å²) in [6.07, 6.45) is 2.70. The van der Waals surface area contributed by atoms with Crippen LogP contribution in [-0.2, 0) is 0 Å². The first-order valence-electron chi connectivity index (χ1n) is 6.25. The maximum Gasteiger partial charge on any atom is 0.123 e. The molecule has 1 aromatic heterocycles. The van der Waals surface area contributed by atoms with E-state index in [0.29, 0.717) is 0 Å². The van der Waals surface area contributed by atoms with Crippen molar-refractivity contribution in [3.63, 3.8) is 0 Å². The Kier molecular flexibility index (Phi) is 4.15. The van der Waals surface area contributed by atoms with E-state index in [1.807, 2.05) is 19.1 Å². The van der Waals surface area contributed by atoms with E-state index >= 15 is 0 Å². The van der Waals surface area contributed by atoms with Gasteiger partial charge in [-0.1, -0.05) is 19.1 Å². The highest BCUT2D eigenvalue weighted by molar-refractivity contribution is 5.33. The first kappa shape index (κ1) is 12.8. The third kappa shape index (κ3) is 2.79. The number of aryl methyl sites for hydroxylation is 1. The van der Waals surface area contributed by atoms with Gasteiger partial charge < -0.3 is 9.73 Å². The summed E-state index contributed by atoms with van der Waals surface area (Å²) in [6, 6.07) is 8.62. The normalized spacial score (nSPS) is 12.6. The predicted molar refractivity (Wildman–Crippen MR) is 70.0 cm³/mol. The number of furan rings is 1. The van der Waals surface area contributed by atoms with Crippen molar-refractivity contribution in [2.75, 3.05) is 6.54 Å². The monoisotopic (exact) mass is 247 g/mol. The predicted octanol–water partition coefficient (Wildman–Crippen LogP) is 3.82. The molecule has 0 saturated heterocycles. The van der Waals surface area contributed by atoms with Crippen LogP contribution in [0.3, 0.4) is 0 Å². The maximum atomic E-state index is 13.3. The molecule has 0 aliphatic carbocycles. The summed E-state index contributed by atoms with van der Waals surface area (Å²) in [5.74, 6) is 0.657. The first-order valence-corrected chi connectivity index (χ1v) is 6.25. The van der Waals surface area contributed by atoms with Crippen LogP contribution in [0.2, 0.25) is 0 Å². The van der Waals surface area contributed by atoms with Crippen molar-refractivity contribution in [1.29, 1.82) is 0 Å². The molecule has 0 bridgehead atoms. The number of hydrogen-bond acceptors (Lipinski definition) is 2. The van der Waals surface area contributed by atoms with Gasteiger partial charge in [0, 0.05) is 5.56 Å². The van der Waals surface area contributed by atoms with Crippen LogP contribution in [0.5, 0.6) is 0 Å². The summed E-state index contributed by atoms with van der Waals surface area (Å²) in [7, 11) is 0. The van der Waals surface area contributed by atoms with E-state index in [1.165, 1.54) is 6.07 Å². The van der Waals surface area contributed by atoms with E-state index in [9.17, 15) is 4.39 Å². The highest BCUT2D eigenvalue weighted by Gasteiger charge is 2.17. The summed E-state index contributed by atoms with van der Waals surface area (Å²) in [5, 5.41) is 3.43. The van der Waals surface area contributed by atoms with Gasteiger partial charge in [-0.2, -0.15) is 0 Å². The summed E-state index contributed by atoms with van der Waals surface area (Å²) >= 11 is 0. The molecule has 1 heterocycles. The van der Waals surface area contributed by atoms with Crippen LogP contribution in [0.15, 0.2) is 41.0 Å². The van der Waals surface area contributed by atoms with Crippen molar-refractivity contribution in [2.24, 2.45) is 0 Å². The van der Waals surface area contributed by atoms with Crippen molar-refractivity contribution in [3.8, 4) is 0 Å². The van der Waals surface area contributed by atoms with E-state index in [2.05, 4.69) is 12.2 Å². The summed E-state index contributed by atoms with van der Waals surface area (Å²) in [6.45, 7) is 4.92. The summed E-state index contributed by atoms with van der Waals surface area (Å²) < 4.78 is 18.7. The van der Waals surface area contributed by atoms with E-state index in [-0.39, 0.29) is 11.9 Å². The topological polar surface area (TPSA) is 25.2 Å². The van der Waals surface area contributed by atoms with Gasteiger partial charge in [-0.25, -0.2) is 4.39 Å². The number of hydrogen-bond donors (Lipinski definition) is 1. The van der Waals surface area contributed by atoms with Gasteiger partial charge in [0.15, 0.2) is 0 Å². The lowest BCUT2D eigenvalue weighted by Gasteiger charge is -2.18. The average Bonchev–Trinajstić information content (AvgIpc) is 2.77. The van der Waals surface area contributed by atoms with Gasteiger partial charge in [-0.05, 0) is 43.7 Å². The summed E-state index contributed by atoms with van der Waals surface area (Å²) in [4.78, 5) is 0. The molecule has 0 aliphatic heterocycles. The Hall–Kier alpha value is -1.61. The third-order valence-corrected chi connectivity index (χ3v) is 2.99. The number of benzene rings is 1. The van der Waals surface area contributed by atoms with Crippen LogP contribution >= 0.6 is 0 Å². The molecule has 2 aromatic rings. The van der Waals surface area contributed by atoms with E-state index < -0.39 is 0 Å². The van der Waals surface area contributed by atoms with Gasteiger partial charge in [-0.15, -0.1) is 0 Å². The maximum absolute atomic E-state index is 13.3. The van der Waals surface area contributed by atoms with Crippen molar-refractivity contribution in [1.82, 2.24) is 5.32 Å². The SMILES string of the molecule is CCCNC(c1cccc(F)c1)c1ccoc1C. The van der Waals surface area contributed by atoms with E-state index in [4.69, 9.17) is 4.42 Å². The zero-order valence-corrected chi connectivity index (χ0v) is 10.7. The minimum Gasteiger partial charge on any atom is -0.469 e. The lowest BCUT2D eigenvalue weighted by Crippen LogP contribution is -2.23. The molecule has 1 N–H and O–H groups in total. The molecule has 96 valence electrons. The van der Waals surface area contributed by atoms with Crippen LogP contribution in [-0.4, -0.2) is 6.54 Å². The molecule has 1 unspecified atom stereocenters. The zero-order valence-electron chi connectivity index (χ0n) is 10.7. The Morgan fingerprint density at radius 1 is 1.33 bits per heavy atom. The quantitative estimate of drug-likeness (QED) is 0.869. The van der Waals surface area contributed by atoms with Crippen LogP contribution in [0.25, 0.3) is 0 Å². The summed E-state index contributed by atoms with van der Waals surface area (Å²) in [5.41, 5.74) is 1.99. The number of halogens is 1. The van der Waals surface area contributed by atoms with Crippen molar-refractivity contribution in [2.45, 2.75) is 26.3 Å². The third-order valence-electron chi connectivity index (χ3n) is 2.99. The van der Waals surface area contributed by atoms with Gasteiger partial charge in [0.05, 0.1) is 12.3 Å². The fourth-order valence-electron chi connectivity index (χ4n) is 2.08. The fraction of sp³-hybridized carbons (Fsp3) is 0.333. The minimum atomic E-state index is -0.211. The lowest BCUT2D eigenvalue weighted by atomic mass is 9.99. The molecule has 0 spiro atoms. The van der Waals surface area contributed by atoms with Gasteiger partial charge in [0.2, 0.25) is 0 Å². The van der Waals surface area contributed by atoms with E-state index in [0.717, 1.165) is 29.9 Å². The Labute approximate surface area is 107 Å². The van der Waals surface area contributed by atoms with Crippen LogP contribution in [0.1, 0.15) is 36.3 Å². The smallest absolute Gasteiger partial charge is 0.123 e. The molecule has 2 nitrogen and oxygen atoms in total. The number of nitrogens with one attached hydrogen (secondary N) is 1. The standard InChI is InChI=1S/C15H18FNO/c1-3-8-17-15(14-7-9-18-11(14)2)12-5-4-6-13(16)10-12/h4-7,9-10,15,17H,3,8H2,1-2H3. The van der Waals surface area contributed by atoms with Gasteiger partial charge in [-0.3, -0.25) is 0 Å². The Balaban J connectivity index is 2.33. The molecule has 1 atom stereocenters. The minimum absolute atomic E-state index is 0.0144. The Morgan fingerprint density at radius 2 is 2.17 bits per heavy atom. The molecule has 3 heteroatoms. The first-order chi connectivity index (χ1) is 8.72. The van der Waals surface area contributed by atoms with Gasteiger partial charge in [0.25, 0.3) is 0 Å². The molecule has 1 aromatic carbocycles. The molecule has 18 heavy (non-hydrogen) atoms. The van der Waals surface area contributed by atoms with Crippen LogP contribution in [0.4, 0.5) is 4.39 Å². The average molecular weight is 247 g/mol. The largest absolute Gasteiger partial charge is 0.469 e. The van der Waals surface area contributed by atoms with Crippen LogP contribution in [0, 0.1) is 12.7 Å². The second kappa shape index (κ2) is 5.83. The van der Waals surface area contributed by atoms with Crippen molar-refractivity contribution < 1.29 is 8.81 Å².